The lowest BCUT2D eigenvalue weighted by atomic mass is 10.2. The number of nitrogens with one attached hydrogen (secondary N) is 2. The van der Waals surface area contributed by atoms with Gasteiger partial charge in [0.25, 0.3) is 0 Å². The maximum absolute atomic E-state index is 13.2. The fourth-order valence-electron chi connectivity index (χ4n) is 1.53. The molecule has 0 aliphatic carbocycles. The summed E-state index contributed by atoms with van der Waals surface area (Å²) in [5.74, 6) is -0.300. The number of aromatic nitrogens is 2. The second-order valence-corrected chi connectivity index (χ2v) is 7.06. The van der Waals surface area contributed by atoms with Crippen LogP contribution in [0.25, 0.3) is 0 Å². The lowest BCUT2D eigenvalue weighted by Crippen LogP contribution is -2.24. The van der Waals surface area contributed by atoms with Gasteiger partial charge in [-0.1, -0.05) is 16.8 Å². The van der Waals surface area contributed by atoms with Gasteiger partial charge < -0.3 is 5.32 Å². The lowest BCUT2D eigenvalue weighted by molar-refractivity contribution is 0.302. The first-order valence-electron chi connectivity index (χ1n) is 5.97. The second kappa shape index (κ2) is 7.51. The van der Waals surface area contributed by atoms with E-state index in [2.05, 4.69) is 28.2 Å². The molecule has 0 unspecified atom stereocenters. The van der Waals surface area contributed by atoms with Crippen molar-refractivity contribution >= 4 is 56.0 Å². The smallest absolute Gasteiger partial charge is 0.209 e. The van der Waals surface area contributed by atoms with Crippen LogP contribution in [0.3, 0.4) is 0 Å². The topological polar surface area (TPSA) is 109 Å². The highest BCUT2D eigenvalue weighted by atomic mass is 127. The number of hydrogen-bond acceptors (Lipinski definition) is 6. The Morgan fingerprint density at radius 2 is 2.22 bits per heavy atom. The van der Waals surface area contributed by atoms with Gasteiger partial charge in [0.1, 0.15) is 11.5 Å². The SMILES string of the molecule is CS(=O)(=O)NCc1nonc1C(=NI)Nc1ccc(F)c(Cl)c1. The molecule has 0 saturated carbocycles. The first-order valence-corrected chi connectivity index (χ1v) is 9.21. The van der Waals surface area contributed by atoms with Crippen LogP contribution in [0.5, 0.6) is 0 Å². The van der Waals surface area contributed by atoms with E-state index in [0.29, 0.717) is 5.69 Å². The van der Waals surface area contributed by atoms with Crippen molar-refractivity contribution in [3.63, 3.8) is 0 Å². The van der Waals surface area contributed by atoms with Gasteiger partial charge in [-0.05, 0) is 23.4 Å². The van der Waals surface area contributed by atoms with Crippen molar-refractivity contribution in [1.29, 1.82) is 0 Å². The van der Waals surface area contributed by atoms with Crippen LogP contribution in [0.15, 0.2) is 26.0 Å². The summed E-state index contributed by atoms with van der Waals surface area (Å²) >= 11 is 7.44. The molecule has 124 valence electrons. The number of rotatable bonds is 5. The molecule has 0 fully saturated rings. The van der Waals surface area contributed by atoms with E-state index in [4.69, 9.17) is 11.6 Å². The summed E-state index contributed by atoms with van der Waals surface area (Å²) in [6.07, 6.45) is 1.02. The summed E-state index contributed by atoms with van der Waals surface area (Å²) in [5.41, 5.74) is 0.930. The summed E-state index contributed by atoms with van der Waals surface area (Å²) < 4.78 is 46.4. The largest absolute Gasteiger partial charge is 0.338 e. The minimum atomic E-state index is -3.40. The van der Waals surface area contributed by atoms with E-state index in [9.17, 15) is 12.8 Å². The highest BCUT2D eigenvalue weighted by Crippen LogP contribution is 2.20. The molecule has 2 rings (SSSR count). The molecule has 0 radical (unpaired) electrons. The molecular formula is C11H10ClFIN5O3S. The van der Waals surface area contributed by atoms with Gasteiger partial charge in [0.05, 0.1) is 40.7 Å². The van der Waals surface area contributed by atoms with Crippen molar-refractivity contribution < 1.29 is 17.4 Å². The van der Waals surface area contributed by atoms with E-state index in [-0.39, 0.29) is 28.8 Å². The first-order chi connectivity index (χ1) is 10.8. The number of benzene rings is 1. The minimum Gasteiger partial charge on any atom is -0.338 e. The first kappa shape index (κ1) is 18.0. The van der Waals surface area contributed by atoms with Gasteiger partial charge >= 0.3 is 0 Å². The Balaban J connectivity index is 2.22. The van der Waals surface area contributed by atoms with Crippen LogP contribution in [0.2, 0.25) is 5.02 Å². The van der Waals surface area contributed by atoms with E-state index in [1.807, 2.05) is 0 Å². The third-order valence-electron chi connectivity index (χ3n) is 2.55. The number of nitrogens with zero attached hydrogens (tertiary/aromatic N) is 3. The number of hydrogen-bond donors (Lipinski definition) is 2. The number of amidine groups is 1. The van der Waals surface area contributed by atoms with Crippen LogP contribution in [-0.4, -0.2) is 30.8 Å². The van der Waals surface area contributed by atoms with Gasteiger partial charge in [0, 0.05) is 5.69 Å². The van der Waals surface area contributed by atoms with E-state index in [1.165, 1.54) is 18.2 Å². The summed E-state index contributed by atoms with van der Waals surface area (Å²) in [4.78, 5) is 0. The molecule has 1 aromatic carbocycles. The molecule has 0 saturated heterocycles. The van der Waals surface area contributed by atoms with E-state index in [0.717, 1.165) is 6.26 Å². The van der Waals surface area contributed by atoms with Gasteiger partial charge in [0.15, 0.2) is 11.5 Å². The monoisotopic (exact) mass is 473 g/mol. The van der Waals surface area contributed by atoms with Crippen molar-refractivity contribution in [3.05, 3.63) is 40.4 Å². The summed E-state index contributed by atoms with van der Waals surface area (Å²) in [5, 5.41) is 10.2. The third-order valence-corrected chi connectivity index (χ3v) is 3.99. The quantitative estimate of drug-likeness (QED) is 0.391. The highest BCUT2D eigenvalue weighted by Gasteiger charge is 2.18. The van der Waals surface area contributed by atoms with E-state index in [1.54, 1.807) is 22.9 Å². The Bertz CT molecular complexity index is 842. The average Bonchev–Trinajstić information content (AvgIpc) is 2.94. The van der Waals surface area contributed by atoms with Crippen molar-refractivity contribution in [2.24, 2.45) is 3.21 Å². The zero-order chi connectivity index (χ0) is 17.0. The molecule has 0 bridgehead atoms. The Kier molecular flexibility index (Phi) is 5.89. The number of anilines is 1. The van der Waals surface area contributed by atoms with Crippen LogP contribution < -0.4 is 10.0 Å². The van der Waals surface area contributed by atoms with Crippen LogP contribution in [0.4, 0.5) is 10.1 Å². The van der Waals surface area contributed by atoms with E-state index < -0.39 is 15.8 Å². The maximum Gasteiger partial charge on any atom is 0.209 e. The van der Waals surface area contributed by atoms with E-state index >= 15 is 0 Å². The zero-order valence-electron chi connectivity index (χ0n) is 11.5. The summed E-state index contributed by atoms with van der Waals surface area (Å²) in [6, 6.07) is 4.04. The predicted octanol–water partition coefficient (Wildman–Crippen LogP) is 2.12. The Morgan fingerprint density at radius 1 is 1.48 bits per heavy atom. The molecule has 1 aromatic heterocycles. The molecule has 0 aliphatic heterocycles. The van der Waals surface area contributed by atoms with Crippen LogP contribution in [-0.2, 0) is 16.6 Å². The maximum atomic E-state index is 13.2. The Hall–Kier alpha value is -1.31. The molecule has 0 atom stereocenters. The van der Waals surface area contributed by atoms with Crippen molar-refractivity contribution in [2.75, 3.05) is 11.6 Å². The van der Waals surface area contributed by atoms with Crippen LogP contribution in [0, 0.1) is 5.82 Å². The fraction of sp³-hybridized carbons (Fsp3) is 0.182. The van der Waals surface area contributed by atoms with Gasteiger partial charge in [-0.25, -0.2) is 22.2 Å². The third kappa shape index (κ3) is 5.09. The zero-order valence-corrected chi connectivity index (χ0v) is 15.3. The Morgan fingerprint density at radius 3 is 2.83 bits per heavy atom. The summed E-state index contributed by atoms with van der Waals surface area (Å²) in [6.45, 7) is -0.112. The average molecular weight is 474 g/mol. The van der Waals surface area contributed by atoms with Gasteiger partial charge in [-0.3, -0.25) is 0 Å². The number of sulfonamides is 1. The molecule has 0 amide bonds. The standard InChI is InChI=1S/C11H10ClFIN5O3S/c1-23(20,21)15-5-9-10(19-22-18-9)11(17-14)16-6-2-3-8(13)7(12)4-6/h2-4,15H,5H2,1H3,(H,16,17). The van der Waals surface area contributed by atoms with Crippen molar-refractivity contribution in [2.45, 2.75) is 6.54 Å². The van der Waals surface area contributed by atoms with Gasteiger partial charge in [-0.15, -0.1) is 0 Å². The molecule has 23 heavy (non-hydrogen) atoms. The molecule has 0 aliphatic rings. The lowest BCUT2D eigenvalue weighted by Gasteiger charge is -2.08. The minimum absolute atomic E-state index is 0.0555. The van der Waals surface area contributed by atoms with Crippen LogP contribution in [0.1, 0.15) is 11.4 Å². The molecule has 2 N–H and O–H groups in total. The Labute approximate surface area is 150 Å². The second-order valence-electron chi connectivity index (χ2n) is 4.34. The molecular weight excluding hydrogens is 464 g/mol. The summed E-state index contributed by atoms with van der Waals surface area (Å²) in [7, 11) is -3.40. The molecule has 2 aromatic rings. The highest BCUT2D eigenvalue weighted by molar-refractivity contribution is 14.1. The van der Waals surface area contributed by atoms with Gasteiger partial charge in [0.2, 0.25) is 10.0 Å². The molecule has 12 heteroatoms. The molecule has 0 spiro atoms. The van der Waals surface area contributed by atoms with Crippen molar-refractivity contribution in [1.82, 2.24) is 15.0 Å². The van der Waals surface area contributed by atoms with Crippen molar-refractivity contribution in [3.8, 4) is 0 Å². The fourth-order valence-corrected chi connectivity index (χ4v) is 2.46. The molecule has 1 heterocycles. The normalized spacial score (nSPS) is 12.4. The van der Waals surface area contributed by atoms with Gasteiger partial charge in [-0.2, -0.15) is 3.21 Å². The molecule has 8 nitrogen and oxygen atoms in total. The van der Waals surface area contributed by atoms with Crippen LogP contribution >= 0.6 is 34.5 Å². The predicted molar refractivity (Wildman–Crippen MR) is 91.6 cm³/mol. The number of halogens is 3.